The standard InChI is InChI=1S/C26H34O12/c1-11(29)12-5-14-15(9-27)23(37-24(14)16(6-12)33-2)13-7-17(34-3)25(18(8-13)35-4)38-26-22(32)21(31)20(30)19(10-28)36-26/h5-8,11,15,19-23,26-32H,9-10H2,1-4H3/t11-,15+,19-,20-,21-,22+,23-,26+/m1/s1. The smallest absolute Gasteiger partial charge is 0.229 e. The van der Waals surface area contributed by atoms with E-state index in [1.807, 2.05) is 0 Å². The fraction of sp³-hybridized carbons (Fsp3) is 0.538. The van der Waals surface area contributed by atoms with Crippen LogP contribution in [0.15, 0.2) is 24.3 Å². The van der Waals surface area contributed by atoms with E-state index in [2.05, 4.69) is 0 Å². The van der Waals surface area contributed by atoms with Gasteiger partial charge in [0.05, 0.1) is 46.6 Å². The van der Waals surface area contributed by atoms with Crippen molar-refractivity contribution < 1.29 is 59.1 Å². The van der Waals surface area contributed by atoms with Gasteiger partial charge in [-0.05, 0) is 36.8 Å². The molecule has 38 heavy (non-hydrogen) atoms. The summed E-state index contributed by atoms with van der Waals surface area (Å²) >= 11 is 0. The highest BCUT2D eigenvalue weighted by atomic mass is 16.7. The van der Waals surface area contributed by atoms with E-state index >= 15 is 0 Å². The molecule has 2 aromatic rings. The monoisotopic (exact) mass is 538 g/mol. The van der Waals surface area contributed by atoms with E-state index in [1.54, 1.807) is 31.2 Å². The van der Waals surface area contributed by atoms with Crippen LogP contribution >= 0.6 is 0 Å². The molecule has 1 saturated heterocycles. The number of methoxy groups -OCH3 is 3. The first-order chi connectivity index (χ1) is 18.2. The highest BCUT2D eigenvalue weighted by molar-refractivity contribution is 5.58. The molecule has 12 heteroatoms. The Morgan fingerprint density at radius 3 is 2.00 bits per heavy atom. The predicted octanol–water partition coefficient (Wildman–Crippen LogP) is 0.154. The summed E-state index contributed by atoms with van der Waals surface area (Å²) in [7, 11) is 4.28. The van der Waals surface area contributed by atoms with Crippen LogP contribution in [0.5, 0.6) is 28.7 Å². The van der Waals surface area contributed by atoms with E-state index in [0.717, 1.165) is 0 Å². The highest BCUT2D eigenvalue weighted by Crippen LogP contribution is 2.53. The molecule has 0 aliphatic carbocycles. The Morgan fingerprint density at radius 1 is 0.842 bits per heavy atom. The molecule has 0 radical (unpaired) electrons. The van der Waals surface area contributed by atoms with E-state index in [1.165, 1.54) is 21.3 Å². The molecule has 1 fully saturated rings. The number of fused-ring (bicyclic) bond motifs is 1. The van der Waals surface area contributed by atoms with Gasteiger partial charge in [0.25, 0.3) is 0 Å². The van der Waals surface area contributed by atoms with Gasteiger partial charge in [-0.1, -0.05) is 0 Å². The molecule has 2 heterocycles. The molecule has 2 aliphatic heterocycles. The van der Waals surface area contributed by atoms with Crippen LogP contribution in [0.2, 0.25) is 0 Å². The van der Waals surface area contributed by atoms with Crippen molar-refractivity contribution in [3.63, 3.8) is 0 Å². The number of hydrogen-bond donors (Lipinski definition) is 6. The van der Waals surface area contributed by atoms with Crippen LogP contribution in [0, 0.1) is 0 Å². The molecule has 210 valence electrons. The quantitative estimate of drug-likeness (QED) is 0.255. The molecule has 0 unspecified atom stereocenters. The van der Waals surface area contributed by atoms with Gasteiger partial charge in [0.2, 0.25) is 12.0 Å². The minimum atomic E-state index is -1.64. The van der Waals surface area contributed by atoms with Crippen LogP contribution in [0.25, 0.3) is 0 Å². The lowest BCUT2D eigenvalue weighted by atomic mass is 9.90. The third-order valence-electron chi connectivity index (χ3n) is 6.91. The highest BCUT2D eigenvalue weighted by Gasteiger charge is 2.45. The second kappa shape index (κ2) is 11.5. The minimum Gasteiger partial charge on any atom is -0.493 e. The first-order valence-corrected chi connectivity index (χ1v) is 12.1. The van der Waals surface area contributed by atoms with E-state index in [9.17, 15) is 30.6 Å². The molecule has 2 aliphatic rings. The van der Waals surface area contributed by atoms with Gasteiger partial charge in [-0.15, -0.1) is 0 Å². The molecule has 0 amide bonds. The fourth-order valence-corrected chi connectivity index (χ4v) is 4.77. The maximum atomic E-state index is 10.4. The predicted molar refractivity (Wildman–Crippen MR) is 131 cm³/mol. The van der Waals surface area contributed by atoms with Crippen molar-refractivity contribution >= 4 is 0 Å². The Hall–Kier alpha value is -2.84. The first-order valence-electron chi connectivity index (χ1n) is 12.1. The van der Waals surface area contributed by atoms with Crippen LogP contribution in [0.1, 0.15) is 41.7 Å². The molecule has 6 N–H and O–H groups in total. The molecule has 2 aromatic carbocycles. The van der Waals surface area contributed by atoms with Gasteiger partial charge in [-0.25, -0.2) is 0 Å². The van der Waals surface area contributed by atoms with E-state index in [-0.39, 0.29) is 23.9 Å². The third-order valence-corrected chi connectivity index (χ3v) is 6.91. The van der Waals surface area contributed by atoms with Gasteiger partial charge >= 0.3 is 0 Å². The summed E-state index contributed by atoms with van der Waals surface area (Å²) in [5.41, 5.74) is 1.85. The molecule has 8 atom stereocenters. The van der Waals surface area contributed by atoms with Crippen LogP contribution in [0.3, 0.4) is 0 Å². The van der Waals surface area contributed by atoms with Crippen molar-refractivity contribution in [1.29, 1.82) is 0 Å². The number of rotatable bonds is 9. The topological polar surface area (TPSA) is 177 Å². The Morgan fingerprint density at radius 2 is 1.47 bits per heavy atom. The summed E-state index contributed by atoms with van der Waals surface area (Å²) < 4.78 is 34.1. The van der Waals surface area contributed by atoms with Gasteiger partial charge in [0.15, 0.2) is 23.0 Å². The van der Waals surface area contributed by atoms with Gasteiger partial charge in [-0.2, -0.15) is 0 Å². The summed E-state index contributed by atoms with van der Waals surface area (Å²) in [6.07, 6.45) is -8.86. The van der Waals surface area contributed by atoms with Crippen molar-refractivity contribution in [3.8, 4) is 28.7 Å². The number of benzene rings is 2. The zero-order valence-electron chi connectivity index (χ0n) is 21.5. The summed E-state index contributed by atoms with van der Waals surface area (Å²) in [5, 5.41) is 60.5. The maximum absolute atomic E-state index is 10.4. The van der Waals surface area contributed by atoms with Crippen molar-refractivity contribution in [2.24, 2.45) is 0 Å². The largest absolute Gasteiger partial charge is 0.493 e. The van der Waals surface area contributed by atoms with Crippen LogP contribution in [-0.2, 0) is 4.74 Å². The second-order valence-corrected chi connectivity index (χ2v) is 9.21. The van der Waals surface area contributed by atoms with Crippen molar-refractivity contribution in [1.82, 2.24) is 0 Å². The molecular formula is C26H34O12. The van der Waals surface area contributed by atoms with Gasteiger partial charge in [-0.3, -0.25) is 0 Å². The Labute approximate surface area is 219 Å². The second-order valence-electron chi connectivity index (χ2n) is 9.21. The molecule has 0 saturated carbocycles. The Kier molecular flexibility index (Phi) is 8.52. The minimum absolute atomic E-state index is 0.0353. The van der Waals surface area contributed by atoms with E-state index < -0.39 is 55.4 Å². The van der Waals surface area contributed by atoms with Crippen LogP contribution in [-0.4, -0.2) is 95.9 Å². The molecule has 0 bridgehead atoms. The Balaban J connectivity index is 1.70. The maximum Gasteiger partial charge on any atom is 0.229 e. The fourth-order valence-electron chi connectivity index (χ4n) is 4.77. The lowest BCUT2D eigenvalue weighted by Crippen LogP contribution is -2.60. The first kappa shape index (κ1) is 28.2. The lowest BCUT2D eigenvalue weighted by Gasteiger charge is -2.39. The van der Waals surface area contributed by atoms with E-state index in [0.29, 0.717) is 28.2 Å². The lowest BCUT2D eigenvalue weighted by molar-refractivity contribution is -0.277. The van der Waals surface area contributed by atoms with E-state index in [4.69, 9.17) is 28.4 Å². The summed E-state index contributed by atoms with van der Waals surface area (Å²) in [6.45, 7) is 0.754. The van der Waals surface area contributed by atoms with Crippen LogP contribution < -0.4 is 23.7 Å². The van der Waals surface area contributed by atoms with Crippen molar-refractivity contribution in [3.05, 3.63) is 41.0 Å². The molecule has 12 nitrogen and oxygen atoms in total. The SMILES string of the molecule is COc1cc([C@H]2Oc3c(OC)cc([C@@H](C)O)cc3[C@@H]2CO)cc(OC)c1O[C@@H]1O[C@H](CO)[C@@H](O)[C@@H](O)[C@@H]1O. The molecule has 4 rings (SSSR count). The third kappa shape index (κ3) is 4.96. The zero-order chi connectivity index (χ0) is 27.7. The van der Waals surface area contributed by atoms with Crippen molar-refractivity contribution in [2.45, 2.75) is 55.8 Å². The van der Waals surface area contributed by atoms with Gasteiger partial charge in [0, 0.05) is 11.1 Å². The molecular weight excluding hydrogens is 504 g/mol. The summed E-state index contributed by atoms with van der Waals surface area (Å²) in [6, 6.07) is 6.68. The normalized spacial score (nSPS) is 29.3. The van der Waals surface area contributed by atoms with Crippen LogP contribution in [0.4, 0.5) is 0 Å². The van der Waals surface area contributed by atoms with Gasteiger partial charge in [0.1, 0.15) is 30.5 Å². The molecule has 0 aromatic heterocycles. The number of aliphatic hydroxyl groups excluding tert-OH is 6. The number of hydrogen-bond acceptors (Lipinski definition) is 12. The zero-order valence-corrected chi connectivity index (χ0v) is 21.5. The average Bonchev–Trinajstić information content (AvgIpc) is 3.31. The number of aliphatic hydroxyl groups is 6. The summed E-state index contributed by atoms with van der Waals surface area (Å²) in [4.78, 5) is 0. The van der Waals surface area contributed by atoms with Gasteiger partial charge < -0.3 is 59.1 Å². The van der Waals surface area contributed by atoms with Crippen molar-refractivity contribution in [2.75, 3.05) is 34.5 Å². The average molecular weight is 539 g/mol. The number of ether oxygens (including phenoxy) is 6. The Bertz CT molecular complexity index is 1090. The summed E-state index contributed by atoms with van der Waals surface area (Å²) in [5.74, 6) is 0.729. The molecule has 0 spiro atoms.